The molecule has 0 unspecified atom stereocenters. The minimum absolute atomic E-state index is 0.0144. The number of ketones is 1. The van der Waals surface area contributed by atoms with Crippen molar-refractivity contribution in [2.45, 2.75) is 18.7 Å². The summed E-state index contributed by atoms with van der Waals surface area (Å²) in [6, 6.07) is 6.51. The van der Waals surface area contributed by atoms with Crippen LogP contribution in [0.2, 0.25) is 0 Å². The summed E-state index contributed by atoms with van der Waals surface area (Å²) in [4.78, 5) is 11.1. The first-order valence-corrected chi connectivity index (χ1v) is 9.08. The van der Waals surface area contributed by atoms with Gasteiger partial charge in [-0.05, 0) is 32.2 Å². The molecule has 1 aromatic carbocycles. The zero-order valence-electron chi connectivity index (χ0n) is 10.9. The Hall–Kier alpha value is -0.790. The maximum atomic E-state index is 12.1. The van der Waals surface area contributed by atoms with Gasteiger partial charge in [0.15, 0.2) is 0 Å². The fraction of sp³-hybridized carbons (Fsp3) is 0.333. The zero-order valence-corrected chi connectivity index (χ0v) is 13.4. The smallest absolute Gasteiger partial charge is 0.283 e. The predicted octanol–water partition coefficient (Wildman–Crippen LogP) is 2.72. The highest BCUT2D eigenvalue weighted by Crippen LogP contribution is 2.20. The Balaban J connectivity index is 2.98. The minimum Gasteiger partial charge on any atom is -0.299 e. The van der Waals surface area contributed by atoms with Crippen LogP contribution in [0.1, 0.15) is 12.5 Å². The Morgan fingerprint density at radius 2 is 1.84 bits per heavy atom. The van der Waals surface area contributed by atoms with Gasteiger partial charge in [-0.15, -0.1) is 16.2 Å². The summed E-state index contributed by atoms with van der Waals surface area (Å²) in [5.74, 6) is 0.211. The van der Waals surface area contributed by atoms with E-state index in [0.717, 1.165) is 17.3 Å². The quantitative estimate of drug-likeness (QED) is 0.631. The number of hydrogen-bond donors (Lipinski definition) is 0. The van der Waals surface area contributed by atoms with Crippen molar-refractivity contribution in [1.82, 2.24) is 0 Å². The van der Waals surface area contributed by atoms with Crippen LogP contribution in [-0.2, 0) is 14.8 Å². The average molecular weight is 317 g/mol. The van der Waals surface area contributed by atoms with Gasteiger partial charge in [0.25, 0.3) is 10.0 Å². The third-order valence-electron chi connectivity index (χ3n) is 2.09. The number of aryl methyl sites for hydroxylation is 1. The number of hydrogen-bond acceptors (Lipinski definition) is 5. The summed E-state index contributed by atoms with van der Waals surface area (Å²) in [6.07, 6.45) is 1.73. The molecule has 0 saturated carbocycles. The second-order valence-corrected chi connectivity index (χ2v) is 7.46. The first-order valence-electron chi connectivity index (χ1n) is 5.43. The predicted molar refractivity (Wildman–Crippen MR) is 82.5 cm³/mol. The highest BCUT2D eigenvalue weighted by molar-refractivity contribution is 8.39. The molecule has 4 nitrogen and oxygen atoms in total. The molecule has 0 saturated heterocycles. The molecule has 0 radical (unpaired) electrons. The Bertz CT molecular complexity index is 577. The van der Waals surface area contributed by atoms with E-state index in [4.69, 9.17) is 0 Å². The van der Waals surface area contributed by atoms with Crippen LogP contribution in [0.3, 0.4) is 0 Å². The highest BCUT2D eigenvalue weighted by Gasteiger charge is 2.14. The number of carbonyl (C=O) groups is 1. The van der Waals surface area contributed by atoms with Gasteiger partial charge in [-0.3, -0.25) is 4.79 Å². The first-order chi connectivity index (χ1) is 8.85. The van der Waals surface area contributed by atoms with Crippen LogP contribution in [0.5, 0.6) is 0 Å². The number of Topliss-reactive ketones (excluding diaryl/α,β-unsaturated/α-hetero) is 1. The van der Waals surface area contributed by atoms with Crippen LogP contribution in [0.4, 0.5) is 0 Å². The Labute approximate surface area is 122 Å². The van der Waals surface area contributed by atoms with Crippen LogP contribution >= 0.6 is 23.5 Å². The fourth-order valence-electron chi connectivity index (χ4n) is 1.15. The number of benzene rings is 1. The molecule has 0 N–H and O–H groups in total. The number of carbonyl (C=O) groups excluding carboxylic acids is 1. The molecule has 0 bridgehead atoms. The molecule has 0 aliphatic rings. The third kappa shape index (κ3) is 5.38. The summed E-state index contributed by atoms with van der Waals surface area (Å²) in [5, 5.41) is 0. The number of thioether (sulfide) groups is 2. The molecular formula is C12H15NO3S3. The maximum absolute atomic E-state index is 12.1. The van der Waals surface area contributed by atoms with Gasteiger partial charge >= 0.3 is 0 Å². The van der Waals surface area contributed by atoms with E-state index in [9.17, 15) is 13.2 Å². The molecule has 1 rings (SSSR count). The lowest BCUT2D eigenvalue weighted by Crippen LogP contribution is -2.02. The van der Waals surface area contributed by atoms with E-state index in [1.807, 2.05) is 6.92 Å². The second-order valence-electron chi connectivity index (χ2n) is 3.84. The molecule has 1 aromatic rings. The van der Waals surface area contributed by atoms with Crippen molar-refractivity contribution in [1.29, 1.82) is 0 Å². The molecule has 0 aliphatic heterocycles. The van der Waals surface area contributed by atoms with Crippen molar-refractivity contribution in [3.8, 4) is 0 Å². The van der Waals surface area contributed by atoms with Crippen LogP contribution in [0, 0.1) is 6.92 Å². The van der Waals surface area contributed by atoms with Gasteiger partial charge in [0.1, 0.15) is 10.2 Å². The number of rotatable bonds is 4. The number of sulfonamides is 1. The van der Waals surface area contributed by atoms with Gasteiger partial charge in [-0.2, -0.15) is 8.42 Å². The monoisotopic (exact) mass is 317 g/mol. The molecule has 0 aliphatic carbocycles. The summed E-state index contributed by atoms with van der Waals surface area (Å²) < 4.78 is 28.2. The molecule has 0 fully saturated rings. The van der Waals surface area contributed by atoms with E-state index < -0.39 is 10.0 Å². The van der Waals surface area contributed by atoms with Gasteiger partial charge in [0.2, 0.25) is 0 Å². The van der Waals surface area contributed by atoms with E-state index >= 15 is 0 Å². The van der Waals surface area contributed by atoms with Crippen molar-refractivity contribution < 1.29 is 13.2 Å². The van der Waals surface area contributed by atoms with E-state index in [0.29, 0.717) is 4.38 Å². The summed E-state index contributed by atoms with van der Waals surface area (Å²) in [7, 11) is -3.70. The van der Waals surface area contributed by atoms with E-state index in [-0.39, 0.29) is 16.4 Å². The fourth-order valence-corrected chi connectivity index (χ4v) is 4.00. The van der Waals surface area contributed by atoms with Crippen LogP contribution < -0.4 is 0 Å². The van der Waals surface area contributed by atoms with Gasteiger partial charge in [0, 0.05) is 0 Å². The van der Waals surface area contributed by atoms with Crippen molar-refractivity contribution >= 4 is 43.7 Å². The van der Waals surface area contributed by atoms with E-state index in [1.54, 1.807) is 18.4 Å². The van der Waals surface area contributed by atoms with Crippen LogP contribution in [0.15, 0.2) is 33.6 Å². The van der Waals surface area contributed by atoms with Crippen molar-refractivity contribution in [3.05, 3.63) is 29.8 Å². The zero-order chi connectivity index (χ0) is 14.5. The Morgan fingerprint density at radius 3 is 2.32 bits per heavy atom. The van der Waals surface area contributed by atoms with E-state index in [1.165, 1.54) is 30.8 Å². The summed E-state index contributed by atoms with van der Waals surface area (Å²) in [6.45, 7) is 3.34. The summed E-state index contributed by atoms with van der Waals surface area (Å²) in [5.41, 5.74) is 0.985. The van der Waals surface area contributed by atoms with Crippen molar-refractivity contribution in [3.63, 3.8) is 0 Å². The minimum atomic E-state index is -3.70. The molecule has 0 spiro atoms. The van der Waals surface area contributed by atoms with Crippen LogP contribution in [-0.4, -0.2) is 30.6 Å². The molecule has 0 amide bonds. The van der Waals surface area contributed by atoms with Gasteiger partial charge in [0.05, 0.1) is 10.6 Å². The molecule has 104 valence electrons. The molecule has 0 atom stereocenters. The van der Waals surface area contributed by atoms with Crippen molar-refractivity contribution in [2.24, 2.45) is 4.40 Å². The first kappa shape index (κ1) is 16.3. The largest absolute Gasteiger partial charge is 0.299 e. The molecule has 7 heteroatoms. The molecule has 0 aromatic heterocycles. The van der Waals surface area contributed by atoms with E-state index in [2.05, 4.69) is 4.40 Å². The lowest BCUT2D eigenvalue weighted by molar-refractivity contribution is -0.114. The third-order valence-corrected chi connectivity index (χ3v) is 5.79. The normalized spacial score (nSPS) is 12.5. The van der Waals surface area contributed by atoms with Crippen LogP contribution in [0.25, 0.3) is 0 Å². The lowest BCUT2D eigenvalue weighted by Gasteiger charge is -2.03. The average Bonchev–Trinajstić information content (AvgIpc) is 2.34. The highest BCUT2D eigenvalue weighted by atomic mass is 32.2. The Morgan fingerprint density at radius 1 is 1.26 bits per heavy atom. The van der Waals surface area contributed by atoms with Gasteiger partial charge in [-0.25, -0.2) is 0 Å². The summed E-state index contributed by atoms with van der Waals surface area (Å²) >= 11 is 2.36. The maximum Gasteiger partial charge on any atom is 0.283 e. The molecule has 19 heavy (non-hydrogen) atoms. The topological polar surface area (TPSA) is 63.6 Å². The van der Waals surface area contributed by atoms with Gasteiger partial charge < -0.3 is 0 Å². The van der Waals surface area contributed by atoms with Gasteiger partial charge in [-0.1, -0.05) is 29.5 Å². The standard InChI is InChI=1S/C12H15NO3S3/c1-9-4-6-11(7-5-9)19(15,16)13-12(17-3)18-8-10(2)14/h4-7H,8H2,1-3H3. The lowest BCUT2D eigenvalue weighted by atomic mass is 10.2. The number of nitrogens with zero attached hydrogens (tertiary/aromatic N) is 1. The van der Waals surface area contributed by atoms with Crippen molar-refractivity contribution in [2.75, 3.05) is 12.0 Å². The molecular weight excluding hydrogens is 302 g/mol. The SMILES string of the molecule is CSC(=NS(=O)(=O)c1ccc(C)cc1)SCC(C)=O. The second kappa shape index (κ2) is 7.12. The Kier molecular flexibility index (Phi) is 6.09. The molecule has 0 heterocycles.